The maximum absolute atomic E-state index is 12.0. The van der Waals surface area contributed by atoms with E-state index in [-0.39, 0.29) is 11.8 Å². The first-order valence-corrected chi connectivity index (χ1v) is 6.11. The van der Waals surface area contributed by atoms with Gasteiger partial charge in [0.1, 0.15) is 6.10 Å². The maximum Gasteiger partial charge on any atom is 0.253 e. The van der Waals surface area contributed by atoms with Crippen LogP contribution in [0.1, 0.15) is 18.9 Å². The minimum Gasteiger partial charge on any atom is -0.368 e. The number of anilines is 1. The largest absolute Gasteiger partial charge is 0.368 e. The van der Waals surface area contributed by atoms with Crippen LogP contribution in [0, 0.1) is 17.2 Å². The molecular weight excluding hydrogens is 252 g/mol. The number of carbonyl (C=O) groups is 1. The van der Waals surface area contributed by atoms with Crippen molar-refractivity contribution in [1.82, 2.24) is 0 Å². The predicted octanol–water partition coefficient (Wildman–Crippen LogP) is 2.58. The van der Waals surface area contributed by atoms with Gasteiger partial charge in [-0.15, -0.1) is 0 Å². The van der Waals surface area contributed by atoms with Crippen LogP contribution in [-0.4, -0.2) is 18.6 Å². The maximum atomic E-state index is 12.0. The van der Waals surface area contributed by atoms with E-state index in [2.05, 4.69) is 5.32 Å². The van der Waals surface area contributed by atoms with Gasteiger partial charge >= 0.3 is 0 Å². The van der Waals surface area contributed by atoms with Crippen LogP contribution >= 0.6 is 11.6 Å². The smallest absolute Gasteiger partial charge is 0.253 e. The third-order valence-electron chi connectivity index (χ3n) is 3.00. The van der Waals surface area contributed by atoms with Gasteiger partial charge in [-0.2, -0.15) is 5.26 Å². The van der Waals surface area contributed by atoms with Crippen LogP contribution in [0.25, 0.3) is 0 Å². The molecule has 1 saturated heterocycles. The average Bonchev–Trinajstić information content (AvgIpc) is 2.78. The lowest BCUT2D eigenvalue weighted by Gasteiger charge is -2.15. The van der Waals surface area contributed by atoms with Gasteiger partial charge in [0.2, 0.25) is 0 Å². The standard InChI is InChI=1S/C13H13ClN2O2/c1-8-4-5-18-12(8)13(17)16-11-3-2-9(7-15)6-10(11)14/h2-3,6,8,12H,4-5H2,1H3,(H,16,17). The summed E-state index contributed by atoms with van der Waals surface area (Å²) in [5.41, 5.74) is 0.965. The molecule has 18 heavy (non-hydrogen) atoms. The molecule has 2 rings (SSSR count). The Kier molecular flexibility index (Phi) is 3.85. The molecule has 2 atom stereocenters. The molecule has 1 fully saturated rings. The van der Waals surface area contributed by atoms with Gasteiger partial charge in [-0.05, 0) is 30.5 Å². The van der Waals surface area contributed by atoms with Crippen molar-refractivity contribution in [2.24, 2.45) is 5.92 Å². The summed E-state index contributed by atoms with van der Waals surface area (Å²) >= 11 is 5.99. The highest BCUT2D eigenvalue weighted by atomic mass is 35.5. The summed E-state index contributed by atoms with van der Waals surface area (Å²) < 4.78 is 5.38. The van der Waals surface area contributed by atoms with Gasteiger partial charge in [0.15, 0.2) is 0 Å². The SMILES string of the molecule is CC1CCOC1C(=O)Nc1ccc(C#N)cc1Cl. The topological polar surface area (TPSA) is 62.1 Å². The van der Waals surface area contributed by atoms with Crippen molar-refractivity contribution >= 4 is 23.2 Å². The van der Waals surface area contributed by atoms with Gasteiger partial charge < -0.3 is 10.1 Å². The number of benzene rings is 1. The summed E-state index contributed by atoms with van der Waals surface area (Å²) in [6, 6.07) is 6.75. The summed E-state index contributed by atoms with van der Waals surface area (Å²) in [5.74, 6) is 0.0220. The highest BCUT2D eigenvalue weighted by Crippen LogP contribution is 2.25. The van der Waals surface area contributed by atoms with Gasteiger partial charge in [0.05, 0.1) is 22.3 Å². The first-order valence-electron chi connectivity index (χ1n) is 5.74. The van der Waals surface area contributed by atoms with Crippen LogP contribution in [0.4, 0.5) is 5.69 Å². The Labute approximate surface area is 111 Å². The van der Waals surface area contributed by atoms with Crippen molar-refractivity contribution in [3.05, 3.63) is 28.8 Å². The predicted molar refractivity (Wildman–Crippen MR) is 68.3 cm³/mol. The van der Waals surface area contributed by atoms with E-state index in [1.807, 2.05) is 13.0 Å². The fraction of sp³-hybridized carbons (Fsp3) is 0.385. The van der Waals surface area contributed by atoms with Crippen LogP contribution in [0.3, 0.4) is 0 Å². The molecule has 0 aromatic heterocycles. The van der Waals surface area contributed by atoms with Crippen LogP contribution < -0.4 is 5.32 Å². The Morgan fingerprint density at radius 3 is 2.94 bits per heavy atom. The lowest BCUT2D eigenvalue weighted by atomic mass is 10.0. The van der Waals surface area contributed by atoms with Crippen LogP contribution in [-0.2, 0) is 9.53 Å². The van der Waals surface area contributed by atoms with Crippen LogP contribution in [0.2, 0.25) is 5.02 Å². The molecule has 1 aliphatic rings. The minimum absolute atomic E-state index is 0.188. The molecule has 0 radical (unpaired) electrons. The van der Waals surface area contributed by atoms with Crippen molar-refractivity contribution in [3.8, 4) is 6.07 Å². The minimum atomic E-state index is -0.420. The van der Waals surface area contributed by atoms with E-state index in [1.165, 1.54) is 6.07 Å². The van der Waals surface area contributed by atoms with Crippen molar-refractivity contribution in [2.45, 2.75) is 19.4 Å². The van der Waals surface area contributed by atoms with Gasteiger partial charge in [-0.1, -0.05) is 18.5 Å². The first kappa shape index (κ1) is 12.9. The van der Waals surface area contributed by atoms with Crippen molar-refractivity contribution in [2.75, 3.05) is 11.9 Å². The van der Waals surface area contributed by atoms with E-state index in [1.54, 1.807) is 12.1 Å². The summed E-state index contributed by atoms with van der Waals surface area (Å²) in [4.78, 5) is 12.0. The second-order valence-electron chi connectivity index (χ2n) is 4.35. The molecule has 1 aromatic rings. The Morgan fingerprint density at radius 1 is 1.61 bits per heavy atom. The molecule has 4 nitrogen and oxygen atoms in total. The number of rotatable bonds is 2. The van der Waals surface area contributed by atoms with E-state index in [0.29, 0.717) is 22.9 Å². The molecule has 1 aliphatic heterocycles. The highest BCUT2D eigenvalue weighted by Gasteiger charge is 2.31. The van der Waals surface area contributed by atoms with E-state index < -0.39 is 6.10 Å². The Bertz CT molecular complexity index is 510. The van der Waals surface area contributed by atoms with Gasteiger partial charge in [-0.25, -0.2) is 0 Å². The van der Waals surface area contributed by atoms with Crippen molar-refractivity contribution in [3.63, 3.8) is 0 Å². The lowest BCUT2D eigenvalue weighted by Crippen LogP contribution is -2.31. The Balaban J connectivity index is 2.10. The number of carbonyl (C=O) groups excluding carboxylic acids is 1. The third-order valence-corrected chi connectivity index (χ3v) is 3.31. The molecule has 0 aliphatic carbocycles. The van der Waals surface area contributed by atoms with Gasteiger partial charge in [-0.3, -0.25) is 4.79 Å². The number of ether oxygens (including phenoxy) is 1. The number of nitrogens with zero attached hydrogens (tertiary/aromatic N) is 1. The summed E-state index contributed by atoms with van der Waals surface area (Å²) in [6.07, 6.45) is 0.468. The zero-order valence-corrected chi connectivity index (χ0v) is 10.7. The first-order chi connectivity index (χ1) is 8.61. The fourth-order valence-corrected chi connectivity index (χ4v) is 2.15. The number of hydrogen-bond acceptors (Lipinski definition) is 3. The van der Waals surface area contributed by atoms with Gasteiger partial charge in [0, 0.05) is 6.61 Å². The summed E-state index contributed by atoms with van der Waals surface area (Å²) in [5, 5.41) is 11.8. The lowest BCUT2D eigenvalue weighted by molar-refractivity contribution is -0.126. The normalized spacial score (nSPS) is 22.5. The van der Waals surface area contributed by atoms with E-state index in [0.717, 1.165) is 6.42 Å². The van der Waals surface area contributed by atoms with E-state index in [4.69, 9.17) is 21.6 Å². The van der Waals surface area contributed by atoms with E-state index >= 15 is 0 Å². The monoisotopic (exact) mass is 264 g/mol. The Morgan fingerprint density at radius 2 is 2.39 bits per heavy atom. The number of amides is 1. The van der Waals surface area contributed by atoms with Crippen molar-refractivity contribution < 1.29 is 9.53 Å². The molecule has 0 bridgehead atoms. The molecule has 0 saturated carbocycles. The molecule has 94 valence electrons. The number of halogens is 1. The molecule has 1 N–H and O–H groups in total. The Hall–Kier alpha value is -1.57. The second kappa shape index (κ2) is 5.38. The number of nitrogens with one attached hydrogen (secondary N) is 1. The third kappa shape index (κ3) is 2.63. The van der Waals surface area contributed by atoms with Crippen LogP contribution in [0.15, 0.2) is 18.2 Å². The fourth-order valence-electron chi connectivity index (χ4n) is 1.92. The second-order valence-corrected chi connectivity index (χ2v) is 4.76. The molecule has 1 aromatic carbocycles. The molecular formula is C13H13ClN2O2. The van der Waals surface area contributed by atoms with Gasteiger partial charge in [0.25, 0.3) is 5.91 Å². The molecule has 2 unspecified atom stereocenters. The average molecular weight is 265 g/mol. The molecule has 5 heteroatoms. The summed E-state index contributed by atoms with van der Waals surface area (Å²) in [6.45, 7) is 2.60. The number of nitriles is 1. The molecule has 0 spiro atoms. The zero-order chi connectivity index (χ0) is 13.1. The summed E-state index contributed by atoms with van der Waals surface area (Å²) in [7, 11) is 0. The number of hydrogen-bond donors (Lipinski definition) is 1. The van der Waals surface area contributed by atoms with Crippen LogP contribution in [0.5, 0.6) is 0 Å². The zero-order valence-electron chi connectivity index (χ0n) is 9.94. The van der Waals surface area contributed by atoms with Crippen molar-refractivity contribution in [1.29, 1.82) is 5.26 Å². The highest BCUT2D eigenvalue weighted by molar-refractivity contribution is 6.33. The molecule has 1 amide bonds. The quantitative estimate of drug-likeness (QED) is 0.893. The van der Waals surface area contributed by atoms with E-state index in [9.17, 15) is 4.79 Å². The molecule has 1 heterocycles.